The number of benzene rings is 2. The highest BCUT2D eigenvalue weighted by Gasteiger charge is 2.26. The maximum Gasteiger partial charge on any atom is 0.410 e. The average Bonchev–Trinajstić information content (AvgIpc) is 2.86. The summed E-state index contributed by atoms with van der Waals surface area (Å²) in [5.74, 6) is 1.73. The van der Waals surface area contributed by atoms with Crippen LogP contribution in [-0.4, -0.2) is 59.9 Å². The molecule has 10 heteroatoms. The van der Waals surface area contributed by atoms with Crippen LogP contribution >= 0.6 is 11.6 Å². The summed E-state index contributed by atoms with van der Waals surface area (Å²) in [5, 5.41) is 7.15. The van der Waals surface area contributed by atoms with Crippen molar-refractivity contribution in [3.63, 3.8) is 0 Å². The van der Waals surface area contributed by atoms with E-state index in [-0.39, 0.29) is 6.09 Å². The van der Waals surface area contributed by atoms with Crippen LogP contribution in [0.25, 0.3) is 0 Å². The highest BCUT2D eigenvalue weighted by Crippen LogP contribution is 2.30. The summed E-state index contributed by atoms with van der Waals surface area (Å²) in [7, 11) is 1.58. The van der Waals surface area contributed by atoms with E-state index in [4.69, 9.17) is 21.1 Å². The number of ether oxygens (including phenoxy) is 2. The lowest BCUT2D eigenvalue weighted by molar-refractivity contribution is 0.0240. The number of nitrogens with one attached hydrogen (secondary N) is 2. The van der Waals surface area contributed by atoms with Gasteiger partial charge >= 0.3 is 6.09 Å². The monoisotopic (exact) mass is 524 g/mol. The molecule has 2 heterocycles. The maximum absolute atomic E-state index is 12.4. The van der Waals surface area contributed by atoms with Crippen molar-refractivity contribution in [3.8, 4) is 5.75 Å². The molecule has 2 aromatic carbocycles. The number of carbonyl (C=O) groups excluding carboxylic acids is 1. The van der Waals surface area contributed by atoms with E-state index < -0.39 is 5.60 Å². The Morgan fingerprint density at radius 1 is 1.03 bits per heavy atom. The van der Waals surface area contributed by atoms with Crippen LogP contribution in [0, 0.1) is 6.92 Å². The smallest absolute Gasteiger partial charge is 0.410 e. The summed E-state index contributed by atoms with van der Waals surface area (Å²) in [6.45, 7) is 10.2. The zero-order valence-corrected chi connectivity index (χ0v) is 22.6. The molecule has 196 valence electrons. The molecule has 0 aliphatic carbocycles. The molecular weight excluding hydrogens is 492 g/mol. The third-order valence-electron chi connectivity index (χ3n) is 5.78. The lowest BCUT2D eigenvalue weighted by Gasteiger charge is -2.36. The largest absolute Gasteiger partial charge is 0.495 e. The fourth-order valence-electron chi connectivity index (χ4n) is 3.89. The molecule has 0 unspecified atom stereocenters. The van der Waals surface area contributed by atoms with Crippen molar-refractivity contribution in [2.75, 3.05) is 48.8 Å². The molecule has 3 aromatic rings. The number of anilines is 5. The van der Waals surface area contributed by atoms with Crippen molar-refractivity contribution in [2.45, 2.75) is 33.3 Å². The molecule has 0 bridgehead atoms. The number of rotatable bonds is 6. The number of carbonyl (C=O) groups is 1. The fraction of sp³-hybridized carbons (Fsp3) is 0.370. The number of aromatic nitrogens is 2. The summed E-state index contributed by atoms with van der Waals surface area (Å²) in [4.78, 5) is 25.5. The quantitative estimate of drug-likeness (QED) is 0.406. The minimum absolute atomic E-state index is 0.263. The molecule has 9 nitrogen and oxygen atoms in total. The van der Waals surface area contributed by atoms with E-state index in [0.717, 1.165) is 35.7 Å². The normalized spacial score (nSPS) is 13.8. The van der Waals surface area contributed by atoms with Crippen molar-refractivity contribution in [1.29, 1.82) is 0 Å². The SMILES string of the molecule is COc1cc(Nc2nc(Nc3cccc(N4CCN(C(=O)OC(C)(C)C)CC4)c3)ncc2C)ccc1Cl. The number of hydrogen-bond acceptors (Lipinski definition) is 8. The predicted molar refractivity (Wildman–Crippen MR) is 148 cm³/mol. The van der Waals surface area contributed by atoms with Gasteiger partial charge in [-0.15, -0.1) is 0 Å². The molecule has 0 radical (unpaired) electrons. The van der Waals surface area contributed by atoms with E-state index >= 15 is 0 Å². The molecule has 1 aromatic heterocycles. The topological polar surface area (TPSA) is 91.9 Å². The van der Waals surface area contributed by atoms with Gasteiger partial charge in [-0.1, -0.05) is 17.7 Å². The first kappa shape index (κ1) is 26.3. The lowest BCUT2D eigenvalue weighted by atomic mass is 10.2. The summed E-state index contributed by atoms with van der Waals surface area (Å²) < 4.78 is 10.8. The highest BCUT2D eigenvalue weighted by atomic mass is 35.5. The van der Waals surface area contributed by atoms with Crippen LogP contribution in [-0.2, 0) is 4.74 Å². The standard InChI is InChI=1S/C27H33ClN6O3/c1-18-17-29-25(32-24(18)30-20-9-10-22(28)23(16-20)36-5)31-19-7-6-8-21(15-19)33-11-13-34(14-12-33)26(35)37-27(2,3)4/h6-10,15-17H,11-14H2,1-5H3,(H2,29,30,31,32). The number of halogens is 1. The first-order valence-corrected chi connectivity index (χ1v) is 12.5. The summed E-state index contributed by atoms with van der Waals surface area (Å²) in [6.07, 6.45) is 1.51. The van der Waals surface area contributed by atoms with Crippen LogP contribution in [0.5, 0.6) is 5.75 Å². The third-order valence-corrected chi connectivity index (χ3v) is 6.10. The summed E-state index contributed by atoms with van der Waals surface area (Å²) in [5.41, 5.74) is 3.14. The van der Waals surface area contributed by atoms with Gasteiger partial charge in [0.1, 0.15) is 17.2 Å². The van der Waals surface area contributed by atoms with E-state index in [1.54, 1.807) is 24.3 Å². The molecular formula is C27H33ClN6O3. The summed E-state index contributed by atoms with van der Waals surface area (Å²) >= 11 is 6.14. The van der Waals surface area contributed by atoms with E-state index in [1.165, 1.54) is 0 Å². The summed E-state index contributed by atoms with van der Waals surface area (Å²) in [6, 6.07) is 13.5. The lowest BCUT2D eigenvalue weighted by Crippen LogP contribution is -2.50. The van der Waals surface area contributed by atoms with Gasteiger partial charge in [-0.05, 0) is 58.0 Å². The number of amides is 1. The van der Waals surface area contributed by atoms with Gasteiger partial charge in [-0.2, -0.15) is 4.98 Å². The number of hydrogen-bond donors (Lipinski definition) is 2. The van der Waals surface area contributed by atoms with E-state index in [1.807, 2.05) is 52.0 Å². The van der Waals surface area contributed by atoms with Crippen LogP contribution in [0.4, 0.5) is 33.6 Å². The number of piperazine rings is 1. The minimum Gasteiger partial charge on any atom is -0.495 e. The third kappa shape index (κ3) is 6.95. The number of methoxy groups -OCH3 is 1. The molecule has 4 rings (SSSR count). The van der Waals surface area contributed by atoms with Crippen LogP contribution in [0.1, 0.15) is 26.3 Å². The van der Waals surface area contributed by atoms with Crippen LogP contribution in [0.15, 0.2) is 48.7 Å². The van der Waals surface area contributed by atoms with Crippen molar-refractivity contribution in [1.82, 2.24) is 14.9 Å². The minimum atomic E-state index is -0.497. The van der Waals surface area contributed by atoms with Gasteiger partial charge in [-0.25, -0.2) is 9.78 Å². The van der Waals surface area contributed by atoms with Crippen LogP contribution in [0.2, 0.25) is 5.02 Å². The molecule has 1 amide bonds. The van der Waals surface area contributed by atoms with Gasteiger partial charge in [0.05, 0.1) is 12.1 Å². The Hall–Kier alpha value is -3.72. The van der Waals surface area contributed by atoms with Crippen molar-refractivity contribution in [3.05, 3.63) is 59.2 Å². The Balaban J connectivity index is 1.41. The van der Waals surface area contributed by atoms with Gasteiger partial charge < -0.3 is 29.9 Å². The molecule has 1 aliphatic heterocycles. The molecule has 0 saturated carbocycles. The Morgan fingerprint density at radius 3 is 2.46 bits per heavy atom. The molecule has 0 spiro atoms. The Bertz CT molecular complexity index is 1260. The van der Waals surface area contributed by atoms with Gasteiger partial charge in [0.25, 0.3) is 0 Å². The second-order valence-electron chi connectivity index (χ2n) is 9.83. The van der Waals surface area contributed by atoms with Gasteiger partial charge in [-0.3, -0.25) is 0 Å². The molecule has 37 heavy (non-hydrogen) atoms. The number of nitrogens with zero attached hydrogens (tertiary/aromatic N) is 4. The van der Waals surface area contributed by atoms with Gasteiger partial charge in [0.15, 0.2) is 0 Å². The van der Waals surface area contributed by atoms with Crippen LogP contribution in [0.3, 0.4) is 0 Å². The van der Waals surface area contributed by atoms with Crippen molar-refractivity contribution in [2.24, 2.45) is 0 Å². The molecule has 0 atom stereocenters. The first-order chi connectivity index (χ1) is 17.6. The van der Waals surface area contributed by atoms with Crippen LogP contribution < -0.4 is 20.3 Å². The van der Waals surface area contributed by atoms with E-state index in [2.05, 4.69) is 37.6 Å². The molecule has 1 fully saturated rings. The number of aryl methyl sites for hydroxylation is 1. The van der Waals surface area contributed by atoms with Crippen molar-refractivity contribution < 1.29 is 14.3 Å². The molecule has 1 saturated heterocycles. The second-order valence-corrected chi connectivity index (χ2v) is 10.2. The first-order valence-electron chi connectivity index (χ1n) is 12.2. The Morgan fingerprint density at radius 2 is 1.76 bits per heavy atom. The molecule has 1 aliphatic rings. The van der Waals surface area contributed by atoms with E-state index in [9.17, 15) is 4.79 Å². The van der Waals surface area contributed by atoms with Gasteiger partial charge in [0.2, 0.25) is 5.95 Å². The molecule has 2 N–H and O–H groups in total. The second kappa shape index (κ2) is 11.1. The Kier molecular flexibility index (Phi) is 7.92. The average molecular weight is 525 g/mol. The Labute approximate surface area is 222 Å². The predicted octanol–water partition coefficient (Wildman–Crippen LogP) is 5.99. The zero-order valence-electron chi connectivity index (χ0n) is 21.8. The van der Waals surface area contributed by atoms with E-state index in [0.29, 0.717) is 35.6 Å². The highest BCUT2D eigenvalue weighted by molar-refractivity contribution is 6.32. The maximum atomic E-state index is 12.4. The fourth-order valence-corrected chi connectivity index (χ4v) is 4.08. The van der Waals surface area contributed by atoms with Gasteiger partial charge in [0, 0.05) is 61.1 Å². The zero-order chi connectivity index (χ0) is 26.6. The van der Waals surface area contributed by atoms with Crippen molar-refractivity contribution >= 4 is 46.5 Å².